The zero-order chi connectivity index (χ0) is 17.3. The first kappa shape index (κ1) is 16.8. The third kappa shape index (κ3) is 3.40. The first-order valence-electron chi connectivity index (χ1n) is 7.99. The van der Waals surface area contributed by atoms with E-state index in [2.05, 4.69) is 36.1 Å². The number of aromatic nitrogens is 2. The monoisotopic (exact) mass is 347 g/mol. The predicted molar refractivity (Wildman–Crippen MR) is 92.3 cm³/mol. The van der Waals surface area contributed by atoms with Gasteiger partial charge in [-0.1, -0.05) is 31.1 Å². The summed E-state index contributed by atoms with van der Waals surface area (Å²) in [6.45, 7) is 4.91. The molecule has 1 aromatic heterocycles. The number of rotatable bonds is 5. The summed E-state index contributed by atoms with van der Waals surface area (Å²) >= 11 is 0. The second kappa shape index (κ2) is 6.84. The van der Waals surface area contributed by atoms with Crippen LogP contribution in [0.5, 0.6) is 0 Å². The summed E-state index contributed by atoms with van der Waals surface area (Å²) in [5, 5.41) is 3.81. The Labute approximate surface area is 143 Å². The van der Waals surface area contributed by atoms with Crippen LogP contribution in [0.1, 0.15) is 49.4 Å². The topological polar surface area (TPSA) is 76.3 Å². The van der Waals surface area contributed by atoms with Crippen molar-refractivity contribution in [2.45, 2.75) is 37.9 Å². The number of nitrogens with zero attached hydrogens (tertiary/aromatic N) is 3. The van der Waals surface area contributed by atoms with Gasteiger partial charge in [0.2, 0.25) is 11.8 Å². The molecule has 0 unspecified atom stereocenters. The van der Waals surface area contributed by atoms with E-state index in [0.717, 1.165) is 5.69 Å². The van der Waals surface area contributed by atoms with Gasteiger partial charge < -0.3 is 9.42 Å². The summed E-state index contributed by atoms with van der Waals surface area (Å²) in [7, 11) is -1.04. The summed E-state index contributed by atoms with van der Waals surface area (Å²) in [6.07, 6.45) is 2.22. The van der Waals surface area contributed by atoms with Crippen molar-refractivity contribution < 1.29 is 13.5 Å². The molecular weight excluding hydrogens is 326 g/mol. The fourth-order valence-electron chi connectivity index (χ4n) is 2.85. The predicted octanol–water partition coefficient (Wildman–Crippen LogP) is 2.59. The van der Waals surface area contributed by atoms with Crippen LogP contribution in [0.4, 0.5) is 5.69 Å². The Balaban J connectivity index is 1.75. The van der Waals surface area contributed by atoms with E-state index in [1.54, 1.807) is 11.2 Å². The number of benzene rings is 1. The Bertz CT molecular complexity index is 755. The molecule has 0 saturated carbocycles. The molecule has 1 aliphatic heterocycles. The number of carbonyl (C=O) groups excluding carboxylic acids is 1. The van der Waals surface area contributed by atoms with E-state index in [9.17, 15) is 9.00 Å². The van der Waals surface area contributed by atoms with Crippen LogP contribution in [-0.2, 0) is 21.3 Å². The minimum Gasteiger partial charge on any atom is -0.338 e. The lowest BCUT2D eigenvalue weighted by Gasteiger charge is -2.17. The fourth-order valence-corrected chi connectivity index (χ4v) is 3.33. The summed E-state index contributed by atoms with van der Waals surface area (Å²) in [6, 6.07) is 8.08. The molecule has 1 fully saturated rings. The maximum Gasteiger partial charge on any atom is 0.239 e. The Hall–Kier alpha value is -2.02. The van der Waals surface area contributed by atoms with Gasteiger partial charge in [-0.05, 0) is 30.0 Å². The lowest BCUT2D eigenvalue weighted by molar-refractivity contribution is -0.118. The highest BCUT2D eigenvalue weighted by molar-refractivity contribution is 7.83. The second-order valence-corrected chi connectivity index (χ2v) is 7.78. The Morgan fingerprint density at radius 1 is 1.33 bits per heavy atom. The molecule has 0 spiro atoms. The average molecular weight is 347 g/mol. The van der Waals surface area contributed by atoms with E-state index in [-0.39, 0.29) is 11.7 Å². The van der Waals surface area contributed by atoms with Gasteiger partial charge in [0.05, 0.1) is 5.75 Å². The highest BCUT2D eigenvalue weighted by Gasteiger charge is 2.37. The van der Waals surface area contributed by atoms with Gasteiger partial charge in [-0.15, -0.1) is 0 Å². The zero-order valence-corrected chi connectivity index (χ0v) is 14.9. The van der Waals surface area contributed by atoms with Crippen molar-refractivity contribution in [3.05, 3.63) is 41.5 Å². The molecule has 128 valence electrons. The van der Waals surface area contributed by atoms with Gasteiger partial charge in [-0.3, -0.25) is 9.00 Å². The highest BCUT2D eigenvalue weighted by Crippen LogP contribution is 2.32. The summed E-state index contributed by atoms with van der Waals surface area (Å²) in [5.41, 5.74) is 2.14. The SMILES string of the molecule is CC(C)c1ccc(N2CC[C@H](c3nc(C[S@@](C)=O)no3)C2=O)cc1. The fraction of sp³-hybridized carbons (Fsp3) is 0.471. The molecule has 3 rings (SSSR count). The third-order valence-electron chi connectivity index (χ3n) is 4.19. The van der Waals surface area contributed by atoms with Crippen molar-refractivity contribution in [1.82, 2.24) is 10.1 Å². The summed E-state index contributed by atoms with van der Waals surface area (Å²) in [5.74, 6) is 0.966. The lowest BCUT2D eigenvalue weighted by atomic mass is 10.0. The quantitative estimate of drug-likeness (QED) is 0.831. The molecule has 0 N–H and O–H groups in total. The molecule has 1 aromatic carbocycles. The molecule has 2 atom stereocenters. The minimum absolute atomic E-state index is 0.0277. The van der Waals surface area contributed by atoms with Crippen LogP contribution >= 0.6 is 0 Å². The van der Waals surface area contributed by atoms with Crippen molar-refractivity contribution in [3.8, 4) is 0 Å². The van der Waals surface area contributed by atoms with Crippen LogP contribution in [0.15, 0.2) is 28.8 Å². The van der Waals surface area contributed by atoms with Crippen LogP contribution in [0.3, 0.4) is 0 Å². The molecule has 24 heavy (non-hydrogen) atoms. The molecule has 1 saturated heterocycles. The first-order valence-corrected chi connectivity index (χ1v) is 9.72. The summed E-state index contributed by atoms with van der Waals surface area (Å²) < 4.78 is 16.4. The molecular formula is C17H21N3O3S. The normalized spacial score (nSPS) is 19.2. The van der Waals surface area contributed by atoms with Crippen molar-refractivity contribution in [2.75, 3.05) is 17.7 Å². The van der Waals surface area contributed by atoms with Crippen LogP contribution in [0.2, 0.25) is 0 Å². The van der Waals surface area contributed by atoms with Crippen molar-refractivity contribution in [1.29, 1.82) is 0 Å². The van der Waals surface area contributed by atoms with Crippen LogP contribution < -0.4 is 4.90 Å². The molecule has 6 nitrogen and oxygen atoms in total. The summed E-state index contributed by atoms with van der Waals surface area (Å²) in [4.78, 5) is 18.7. The standard InChI is InChI=1S/C17H21N3O3S/c1-11(2)12-4-6-13(7-5-12)20-9-8-14(17(20)21)16-18-15(19-23-16)10-24(3)22/h4-7,11,14H,8-10H2,1-3H3/t14-,24-/m1/s1. The Kier molecular flexibility index (Phi) is 4.80. The van der Waals surface area contributed by atoms with Gasteiger partial charge in [0.1, 0.15) is 5.92 Å². The smallest absolute Gasteiger partial charge is 0.239 e. The maximum absolute atomic E-state index is 12.7. The van der Waals surface area contributed by atoms with E-state index < -0.39 is 16.7 Å². The molecule has 1 amide bonds. The van der Waals surface area contributed by atoms with Gasteiger partial charge in [-0.25, -0.2) is 0 Å². The average Bonchev–Trinajstić information content (AvgIpc) is 3.13. The molecule has 0 radical (unpaired) electrons. The van der Waals surface area contributed by atoms with Crippen molar-refractivity contribution in [2.24, 2.45) is 0 Å². The Morgan fingerprint density at radius 3 is 2.67 bits per heavy atom. The Morgan fingerprint density at radius 2 is 2.04 bits per heavy atom. The third-order valence-corrected chi connectivity index (χ3v) is 4.86. The molecule has 0 aliphatic carbocycles. The molecule has 0 bridgehead atoms. The lowest BCUT2D eigenvalue weighted by Crippen LogP contribution is -2.26. The van der Waals surface area contributed by atoms with Crippen molar-refractivity contribution in [3.63, 3.8) is 0 Å². The molecule has 2 aromatic rings. The molecule has 1 aliphatic rings. The van der Waals surface area contributed by atoms with E-state index in [1.807, 2.05) is 12.1 Å². The van der Waals surface area contributed by atoms with Crippen molar-refractivity contribution >= 4 is 22.4 Å². The zero-order valence-electron chi connectivity index (χ0n) is 14.1. The largest absolute Gasteiger partial charge is 0.338 e. The highest BCUT2D eigenvalue weighted by atomic mass is 32.2. The molecule has 2 heterocycles. The number of carbonyl (C=O) groups is 1. The van der Waals surface area contributed by atoms with Crippen LogP contribution in [-0.4, -0.2) is 33.1 Å². The second-order valence-electron chi connectivity index (χ2n) is 6.34. The van der Waals surface area contributed by atoms with Gasteiger partial charge in [0.25, 0.3) is 0 Å². The maximum atomic E-state index is 12.7. The van der Waals surface area contributed by atoms with Crippen LogP contribution in [0.25, 0.3) is 0 Å². The van der Waals surface area contributed by atoms with Gasteiger partial charge in [0, 0.05) is 29.3 Å². The minimum atomic E-state index is -1.04. The van der Waals surface area contributed by atoms with Gasteiger partial charge in [0.15, 0.2) is 5.82 Å². The number of hydrogen-bond donors (Lipinski definition) is 0. The van der Waals surface area contributed by atoms with Gasteiger partial charge >= 0.3 is 0 Å². The number of amides is 1. The van der Waals surface area contributed by atoms with Gasteiger partial charge in [-0.2, -0.15) is 4.98 Å². The van der Waals surface area contributed by atoms with E-state index in [4.69, 9.17) is 4.52 Å². The van der Waals surface area contributed by atoms with E-state index in [1.165, 1.54) is 5.56 Å². The first-order chi connectivity index (χ1) is 11.5. The molecule has 7 heteroatoms. The van der Waals surface area contributed by atoms with Crippen LogP contribution in [0, 0.1) is 0 Å². The van der Waals surface area contributed by atoms with E-state index >= 15 is 0 Å². The number of hydrogen-bond acceptors (Lipinski definition) is 5. The number of anilines is 1. The van der Waals surface area contributed by atoms with E-state index in [0.29, 0.717) is 30.6 Å².